The summed E-state index contributed by atoms with van der Waals surface area (Å²) in [5.41, 5.74) is 3.56. The van der Waals surface area contributed by atoms with Gasteiger partial charge in [-0.1, -0.05) is 0 Å². The Labute approximate surface area is 190 Å². The molecule has 4 aromatic heterocycles. The van der Waals surface area contributed by atoms with Crippen LogP contribution in [0.2, 0.25) is 0 Å². The molecule has 8 nitrogen and oxygen atoms in total. The number of aromatic nitrogens is 6. The number of hydrogen-bond acceptors (Lipinski definition) is 6. The Hall–Kier alpha value is -3.14. The zero-order valence-electron chi connectivity index (χ0n) is 18.7. The first-order chi connectivity index (χ1) is 16.0. The van der Waals surface area contributed by atoms with Crippen LogP contribution in [0.25, 0.3) is 27.8 Å². The molecule has 0 atom stereocenters. The molecule has 0 spiro atoms. The summed E-state index contributed by atoms with van der Waals surface area (Å²) in [5.74, 6) is 1.11. The fourth-order valence-electron chi connectivity index (χ4n) is 4.64. The molecule has 1 saturated carbocycles. The molecule has 4 heterocycles. The smallest absolute Gasteiger partial charge is 0.256 e. The lowest BCUT2D eigenvalue weighted by atomic mass is 9.93. The van der Waals surface area contributed by atoms with Gasteiger partial charge in [-0.15, -0.1) is 5.10 Å². The first-order valence-electron chi connectivity index (χ1n) is 11.4. The van der Waals surface area contributed by atoms with Crippen LogP contribution in [0.3, 0.4) is 0 Å². The Morgan fingerprint density at radius 1 is 1.15 bits per heavy atom. The summed E-state index contributed by atoms with van der Waals surface area (Å²) >= 11 is 0. The Balaban J connectivity index is 1.38. The van der Waals surface area contributed by atoms with Gasteiger partial charge in [-0.05, 0) is 51.7 Å². The number of imidazole rings is 1. The van der Waals surface area contributed by atoms with Crippen molar-refractivity contribution >= 4 is 22.6 Å². The Morgan fingerprint density at radius 2 is 1.97 bits per heavy atom. The van der Waals surface area contributed by atoms with E-state index in [9.17, 15) is 8.78 Å². The van der Waals surface area contributed by atoms with E-state index in [2.05, 4.69) is 25.4 Å². The average molecular weight is 456 g/mol. The molecule has 0 bridgehead atoms. The number of alkyl halides is 2. The van der Waals surface area contributed by atoms with E-state index in [1.54, 1.807) is 23.8 Å². The lowest BCUT2D eigenvalue weighted by Crippen LogP contribution is -2.30. The van der Waals surface area contributed by atoms with E-state index < -0.39 is 13.0 Å². The molecule has 4 aromatic rings. The van der Waals surface area contributed by atoms with Crippen LogP contribution in [0.15, 0.2) is 30.7 Å². The number of rotatable bonds is 7. The molecule has 0 aromatic carbocycles. The number of pyridine rings is 1. The van der Waals surface area contributed by atoms with Gasteiger partial charge in [-0.3, -0.25) is 0 Å². The normalized spacial score (nSPS) is 19.1. The maximum absolute atomic E-state index is 13.0. The van der Waals surface area contributed by atoms with Crippen molar-refractivity contribution in [2.75, 3.05) is 11.9 Å². The van der Waals surface area contributed by atoms with Gasteiger partial charge in [0.25, 0.3) is 6.43 Å². The monoisotopic (exact) mass is 455 g/mol. The van der Waals surface area contributed by atoms with Crippen LogP contribution in [0.5, 0.6) is 0 Å². The molecule has 10 heteroatoms. The number of anilines is 1. The highest BCUT2D eigenvalue weighted by Gasteiger charge is 2.22. The van der Waals surface area contributed by atoms with E-state index >= 15 is 0 Å². The van der Waals surface area contributed by atoms with Crippen molar-refractivity contribution in [1.82, 2.24) is 29.1 Å². The van der Waals surface area contributed by atoms with Crippen molar-refractivity contribution in [3.63, 3.8) is 0 Å². The number of nitrogens with one attached hydrogen (secondary N) is 1. The fourth-order valence-corrected chi connectivity index (χ4v) is 4.64. The minimum atomic E-state index is -2.46. The highest BCUT2D eigenvalue weighted by molar-refractivity contribution is 5.85. The third-order valence-corrected chi connectivity index (χ3v) is 6.25. The largest absolute Gasteiger partial charge is 0.379 e. The fraction of sp³-hybridized carbons (Fsp3) is 0.478. The van der Waals surface area contributed by atoms with Crippen molar-refractivity contribution in [3.05, 3.63) is 36.5 Å². The SMILES string of the molecule is CCO[C@H]1CC[C@H](Nc2ncc3c(-c4cnc5nc(C)n(CC(F)F)c5c4)ccn3n2)CC1. The zero-order chi connectivity index (χ0) is 22.9. The summed E-state index contributed by atoms with van der Waals surface area (Å²) in [4.78, 5) is 13.2. The first-order valence-corrected chi connectivity index (χ1v) is 11.4. The molecule has 5 rings (SSSR count). The quantitative estimate of drug-likeness (QED) is 0.443. The first kappa shape index (κ1) is 21.7. The van der Waals surface area contributed by atoms with E-state index in [1.165, 1.54) is 4.57 Å². The van der Waals surface area contributed by atoms with Crippen molar-refractivity contribution in [3.8, 4) is 11.1 Å². The molecule has 0 radical (unpaired) electrons. The molecule has 1 N–H and O–H groups in total. The van der Waals surface area contributed by atoms with Crippen molar-refractivity contribution in [2.45, 2.75) is 64.6 Å². The summed E-state index contributed by atoms with van der Waals surface area (Å²) in [5, 5.41) is 8.06. The second-order valence-corrected chi connectivity index (χ2v) is 8.44. The molecule has 1 fully saturated rings. The second kappa shape index (κ2) is 9.01. The van der Waals surface area contributed by atoms with Gasteiger partial charge >= 0.3 is 0 Å². The van der Waals surface area contributed by atoms with Crippen LogP contribution >= 0.6 is 0 Å². The summed E-state index contributed by atoms with van der Waals surface area (Å²) in [6, 6.07) is 4.12. The van der Waals surface area contributed by atoms with Gasteiger partial charge in [-0.2, -0.15) is 0 Å². The lowest BCUT2D eigenvalue weighted by molar-refractivity contribution is 0.0346. The molecule has 0 saturated heterocycles. The maximum atomic E-state index is 13.0. The standard InChI is InChI=1S/C23H27F2N7O/c1-3-33-17-6-4-16(5-7-17)29-23-27-12-20-18(8-9-32(20)30-23)15-10-19-22(26-11-15)28-14(2)31(19)13-21(24)25/h8-12,16-17,21H,3-7,13H2,1-2H3,(H,29,30)/t16-,17-. The van der Waals surface area contributed by atoms with E-state index in [1.807, 2.05) is 25.3 Å². The van der Waals surface area contributed by atoms with Crippen LogP contribution in [-0.4, -0.2) is 54.3 Å². The number of fused-ring (bicyclic) bond motifs is 2. The molecule has 0 aliphatic heterocycles. The predicted octanol–water partition coefficient (Wildman–Crippen LogP) is 4.47. The topological polar surface area (TPSA) is 82.2 Å². The molecule has 1 aliphatic rings. The van der Waals surface area contributed by atoms with Gasteiger partial charge < -0.3 is 14.6 Å². The highest BCUT2D eigenvalue weighted by atomic mass is 19.3. The van der Waals surface area contributed by atoms with E-state index in [0.717, 1.165) is 48.9 Å². The van der Waals surface area contributed by atoms with Gasteiger partial charge in [0.15, 0.2) is 5.65 Å². The Morgan fingerprint density at radius 3 is 2.73 bits per heavy atom. The summed E-state index contributed by atoms with van der Waals surface area (Å²) in [6.07, 6.45) is 7.39. The Bertz CT molecular complexity index is 1260. The van der Waals surface area contributed by atoms with Crippen molar-refractivity contribution < 1.29 is 13.5 Å². The molecule has 33 heavy (non-hydrogen) atoms. The number of ether oxygens (including phenoxy) is 1. The van der Waals surface area contributed by atoms with Crippen molar-refractivity contribution in [2.24, 2.45) is 0 Å². The third kappa shape index (κ3) is 4.39. The van der Waals surface area contributed by atoms with Gasteiger partial charge in [0.1, 0.15) is 5.82 Å². The van der Waals surface area contributed by atoms with Gasteiger partial charge in [0.05, 0.1) is 29.9 Å². The van der Waals surface area contributed by atoms with E-state index in [4.69, 9.17) is 4.74 Å². The second-order valence-electron chi connectivity index (χ2n) is 8.44. The number of aryl methyl sites for hydroxylation is 1. The minimum absolute atomic E-state index is 0.333. The summed E-state index contributed by atoms with van der Waals surface area (Å²) in [6.45, 7) is 4.10. The summed E-state index contributed by atoms with van der Waals surface area (Å²) in [7, 11) is 0. The average Bonchev–Trinajstić information content (AvgIpc) is 3.35. The van der Waals surface area contributed by atoms with Crippen LogP contribution in [0.1, 0.15) is 38.4 Å². The maximum Gasteiger partial charge on any atom is 0.256 e. The third-order valence-electron chi connectivity index (χ3n) is 6.25. The number of halogens is 2. The molecular weight excluding hydrogens is 428 g/mol. The van der Waals surface area contributed by atoms with E-state index in [0.29, 0.717) is 35.1 Å². The Kier molecular flexibility index (Phi) is 5.92. The van der Waals surface area contributed by atoms with Gasteiger partial charge in [0, 0.05) is 36.2 Å². The van der Waals surface area contributed by atoms with Crippen LogP contribution in [0, 0.1) is 6.92 Å². The summed E-state index contributed by atoms with van der Waals surface area (Å²) < 4.78 is 35.1. The van der Waals surface area contributed by atoms with Gasteiger partial charge in [0.2, 0.25) is 5.95 Å². The van der Waals surface area contributed by atoms with Crippen LogP contribution in [-0.2, 0) is 11.3 Å². The van der Waals surface area contributed by atoms with E-state index in [-0.39, 0.29) is 0 Å². The number of nitrogens with zero attached hydrogens (tertiary/aromatic N) is 6. The molecule has 174 valence electrons. The van der Waals surface area contributed by atoms with Crippen molar-refractivity contribution in [1.29, 1.82) is 0 Å². The van der Waals surface area contributed by atoms with Crippen LogP contribution in [0.4, 0.5) is 14.7 Å². The molecule has 0 amide bonds. The molecular formula is C23H27F2N7O. The number of hydrogen-bond donors (Lipinski definition) is 1. The zero-order valence-corrected chi connectivity index (χ0v) is 18.7. The predicted molar refractivity (Wildman–Crippen MR) is 122 cm³/mol. The lowest BCUT2D eigenvalue weighted by Gasteiger charge is -2.28. The molecule has 0 unspecified atom stereocenters. The van der Waals surface area contributed by atoms with Crippen LogP contribution < -0.4 is 5.32 Å². The van der Waals surface area contributed by atoms with Gasteiger partial charge in [-0.25, -0.2) is 28.2 Å². The minimum Gasteiger partial charge on any atom is -0.379 e. The highest BCUT2D eigenvalue weighted by Crippen LogP contribution is 2.28. The molecule has 1 aliphatic carbocycles.